The zero-order valence-corrected chi connectivity index (χ0v) is 8.22. The minimum absolute atomic E-state index is 0.876. The third kappa shape index (κ3) is 0.585. The summed E-state index contributed by atoms with van der Waals surface area (Å²) in [6.07, 6.45) is 4.63. The van der Waals surface area contributed by atoms with E-state index >= 15 is 0 Å². The summed E-state index contributed by atoms with van der Waals surface area (Å²) in [5.74, 6) is 3.42. The molecule has 0 amide bonds. The maximum Gasteiger partial charge on any atom is 0.0924 e. The van der Waals surface area contributed by atoms with Gasteiger partial charge in [-0.1, -0.05) is 6.92 Å². The fraction of sp³-hybridized carbons (Fsp3) is 1.00. The van der Waals surface area contributed by atoms with E-state index in [4.69, 9.17) is 0 Å². The first-order chi connectivity index (χ1) is 5.83. The highest BCUT2D eigenvalue weighted by Crippen LogP contribution is 2.79. The highest BCUT2D eigenvalue weighted by molar-refractivity contribution is 5.25. The Labute approximate surface area is 74.9 Å². The standard InChI is InChI=1S/C11H19N/c1-3-11-6-7-5-8(11)9(11)10(7)12-4-2/h7-10,12H,3-6H2,1-2H3/p+1/t7-,8-,9-,10-,11-/m1/s1. The van der Waals surface area contributed by atoms with Gasteiger partial charge < -0.3 is 5.32 Å². The van der Waals surface area contributed by atoms with Crippen LogP contribution in [-0.4, -0.2) is 12.6 Å². The van der Waals surface area contributed by atoms with E-state index < -0.39 is 0 Å². The largest absolute Gasteiger partial charge is 0.344 e. The Bertz CT molecular complexity index is 213. The Hall–Kier alpha value is -0.0400. The molecule has 4 saturated carbocycles. The van der Waals surface area contributed by atoms with Crippen molar-refractivity contribution in [3.8, 4) is 0 Å². The first kappa shape index (κ1) is 7.37. The van der Waals surface area contributed by atoms with Gasteiger partial charge in [-0.3, -0.25) is 0 Å². The van der Waals surface area contributed by atoms with Crippen molar-refractivity contribution in [2.75, 3.05) is 6.54 Å². The van der Waals surface area contributed by atoms with E-state index in [9.17, 15) is 0 Å². The minimum atomic E-state index is 0.876. The maximum absolute atomic E-state index is 2.61. The highest BCUT2D eigenvalue weighted by atomic mass is 15.0. The molecule has 0 radical (unpaired) electrons. The molecule has 0 aromatic heterocycles. The van der Waals surface area contributed by atoms with Crippen molar-refractivity contribution < 1.29 is 5.32 Å². The van der Waals surface area contributed by atoms with Crippen LogP contribution in [0.5, 0.6) is 0 Å². The second-order valence-electron chi connectivity index (χ2n) is 5.14. The molecule has 0 aromatic carbocycles. The van der Waals surface area contributed by atoms with Crippen LogP contribution >= 0.6 is 0 Å². The molecule has 4 aliphatic rings. The van der Waals surface area contributed by atoms with Crippen LogP contribution in [-0.2, 0) is 0 Å². The number of hydrogen-bond acceptors (Lipinski definition) is 0. The summed E-state index contributed by atoms with van der Waals surface area (Å²) in [6.45, 7) is 6.00. The van der Waals surface area contributed by atoms with Gasteiger partial charge in [0.25, 0.3) is 0 Å². The molecule has 12 heavy (non-hydrogen) atoms. The molecule has 0 saturated heterocycles. The molecule has 1 nitrogen and oxygen atoms in total. The predicted molar refractivity (Wildman–Crippen MR) is 48.7 cm³/mol. The van der Waals surface area contributed by atoms with Gasteiger partial charge in [-0.2, -0.15) is 0 Å². The summed E-state index contributed by atoms with van der Waals surface area (Å²) in [7, 11) is 0. The fourth-order valence-electron chi connectivity index (χ4n) is 4.67. The highest BCUT2D eigenvalue weighted by Gasteiger charge is 2.79. The van der Waals surface area contributed by atoms with Gasteiger partial charge in [0.05, 0.1) is 12.6 Å². The third-order valence-corrected chi connectivity index (χ3v) is 5.05. The summed E-state index contributed by atoms with van der Waals surface area (Å²) < 4.78 is 0. The third-order valence-electron chi connectivity index (χ3n) is 5.05. The molecule has 68 valence electrons. The van der Waals surface area contributed by atoms with Crippen molar-refractivity contribution in [1.82, 2.24) is 0 Å². The second kappa shape index (κ2) is 2.06. The molecule has 0 spiro atoms. The number of nitrogens with two attached hydrogens (primary N) is 1. The summed E-state index contributed by atoms with van der Waals surface area (Å²) in [4.78, 5) is 0. The lowest BCUT2D eigenvalue weighted by molar-refractivity contribution is -0.692. The molecule has 0 heterocycles. The van der Waals surface area contributed by atoms with E-state index in [1.165, 1.54) is 18.9 Å². The zero-order chi connectivity index (χ0) is 8.34. The molecule has 1 heteroatoms. The van der Waals surface area contributed by atoms with Crippen LogP contribution in [0.4, 0.5) is 0 Å². The van der Waals surface area contributed by atoms with Crippen LogP contribution in [0.3, 0.4) is 0 Å². The molecule has 4 aliphatic carbocycles. The monoisotopic (exact) mass is 166 g/mol. The Morgan fingerprint density at radius 2 is 2.25 bits per heavy atom. The summed E-state index contributed by atoms with van der Waals surface area (Å²) in [5, 5.41) is 2.61. The quantitative estimate of drug-likeness (QED) is 0.644. The smallest absolute Gasteiger partial charge is 0.0924 e. The van der Waals surface area contributed by atoms with Crippen LogP contribution in [0.15, 0.2) is 0 Å². The van der Waals surface area contributed by atoms with Crippen LogP contribution < -0.4 is 5.32 Å². The molecule has 2 N–H and O–H groups in total. The van der Waals surface area contributed by atoms with Gasteiger partial charge in [-0.25, -0.2) is 0 Å². The molecule has 5 atom stereocenters. The van der Waals surface area contributed by atoms with Gasteiger partial charge in [0.2, 0.25) is 0 Å². The van der Waals surface area contributed by atoms with Crippen LogP contribution in [0.25, 0.3) is 0 Å². The molecule has 4 bridgehead atoms. The Morgan fingerprint density at radius 1 is 1.42 bits per heavy atom. The molecule has 0 aromatic rings. The lowest BCUT2D eigenvalue weighted by Gasteiger charge is -2.11. The van der Waals surface area contributed by atoms with Crippen molar-refractivity contribution in [3.63, 3.8) is 0 Å². The zero-order valence-electron chi connectivity index (χ0n) is 8.22. The lowest BCUT2D eigenvalue weighted by Crippen LogP contribution is -2.90. The van der Waals surface area contributed by atoms with Crippen LogP contribution in [0.2, 0.25) is 0 Å². The summed E-state index contributed by atoms with van der Waals surface area (Å²) in [6, 6.07) is 1.04. The van der Waals surface area contributed by atoms with Crippen molar-refractivity contribution in [3.05, 3.63) is 0 Å². The van der Waals surface area contributed by atoms with Crippen molar-refractivity contribution in [1.29, 1.82) is 0 Å². The van der Waals surface area contributed by atoms with Gasteiger partial charge in [-0.05, 0) is 37.5 Å². The topological polar surface area (TPSA) is 16.6 Å². The summed E-state index contributed by atoms with van der Waals surface area (Å²) in [5.41, 5.74) is 0.876. The van der Waals surface area contributed by atoms with Gasteiger partial charge in [0.1, 0.15) is 0 Å². The van der Waals surface area contributed by atoms with Gasteiger partial charge in [0.15, 0.2) is 0 Å². The Kier molecular flexibility index (Phi) is 1.27. The van der Waals surface area contributed by atoms with Crippen molar-refractivity contribution >= 4 is 0 Å². The van der Waals surface area contributed by atoms with Crippen LogP contribution in [0, 0.1) is 23.2 Å². The SMILES string of the molecule is CC[NH2+][C@@H]1[C@@H]2C[C@@H]3[C@H]1[C@]3(CC)C2. The van der Waals surface area contributed by atoms with Gasteiger partial charge in [-0.15, -0.1) is 0 Å². The minimum Gasteiger partial charge on any atom is -0.344 e. The number of hydrogen-bond donors (Lipinski definition) is 1. The molecular weight excluding hydrogens is 146 g/mol. The van der Waals surface area contributed by atoms with Crippen LogP contribution in [0.1, 0.15) is 33.1 Å². The molecule has 0 unspecified atom stereocenters. The molecule has 4 fully saturated rings. The Morgan fingerprint density at radius 3 is 2.75 bits per heavy atom. The van der Waals surface area contributed by atoms with Gasteiger partial charge in [0, 0.05) is 11.8 Å². The second-order valence-corrected chi connectivity index (χ2v) is 5.14. The van der Waals surface area contributed by atoms with Crippen molar-refractivity contribution in [2.24, 2.45) is 23.2 Å². The maximum atomic E-state index is 2.61. The molecule has 4 rings (SSSR count). The first-order valence-electron chi connectivity index (χ1n) is 5.66. The number of quaternary nitrogens is 1. The number of rotatable bonds is 3. The van der Waals surface area contributed by atoms with Gasteiger partial charge >= 0.3 is 0 Å². The predicted octanol–water partition coefficient (Wildman–Crippen LogP) is 1.00. The average Bonchev–Trinajstić information content (AvgIpc) is 2.49. The van der Waals surface area contributed by atoms with E-state index in [1.54, 1.807) is 12.8 Å². The lowest BCUT2D eigenvalue weighted by atomic mass is 10.0. The van der Waals surface area contributed by atoms with E-state index in [1.807, 2.05) is 0 Å². The fourth-order valence-corrected chi connectivity index (χ4v) is 4.67. The van der Waals surface area contributed by atoms with Crippen molar-refractivity contribution in [2.45, 2.75) is 39.2 Å². The Balaban J connectivity index is 1.81. The normalized spacial score (nSPS) is 59.5. The van der Waals surface area contributed by atoms with E-state index in [2.05, 4.69) is 19.2 Å². The summed E-state index contributed by atoms with van der Waals surface area (Å²) >= 11 is 0. The molecule has 0 aliphatic heterocycles. The average molecular weight is 166 g/mol. The molecular formula is C11H20N+. The van der Waals surface area contributed by atoms with E-state index in [0.717, 1.165) is 23.3 Å². The van der Waals surface area contributed by atoms with E-state index in [0.29, 0.717) is 0 Å². The van der Waals surface area contributed by atoms with E-state index in [-0.39, 0.29) is 0 Å². The first-order valence-corrected chi connectivity index (χ1v) is 5.66.